The normalized spacial score (nSPS) is 12.1. The van der Waals surface area contributed by atoms with Crippen molar-refractivity contribution < 1.29 is 4.79 Å². The molecular formula is C15H19ClN4O. The second kappa shape index (κ2) is 7.24. The van der Waals surface area contributed by atoms with Crippen LogP contribution in [0, 0.1) is 0 Å². The fourth-order valence-electron chi connectivity index (χ4n) is 2.00. The second-order valence-electron chi connectivity index (χ2n) is 4.85. The van der Waals surface area contributed by atoms with Crippen LogP contribution in [0.3, 0.4) is 0 Å². The van der Waals surface area contributed by atoms with Crippen molar-refractivity contribution in [3.05, 3.63) is 41.7 Å². The van der Waals surface area contributed by atoms with Gasteiger partial charge in [-0.3, -0.25) is 4.79 Å². The SMILES string of the molecule is CCCC[C@H](N)C(=O)Nc1cc(Cl)ccc1-n1cccn1. The molecule has 1 amide bonds. The maximum Gasteiger partial charge on any atom is 0.241 e. The van der Waals surface area contributed by atoms with Crippen molar-refractivity contribution in [3.63, 3.8) is 0 Å². The van der Waals surface area contributed by atoms with Crippen LogP contribution < -0.4 is 11.1 Å². The highest BCUT2D eigenvalue weighted by Crippen LogP contribution is 2.24. The van der Waals surface area contributed by atoms with Gasteiger partial charge in [-0.25, -0.2) is 4.68 Å². The molecular weight excluding hydrogens is 288 g/mol. The Hall–Kier alpha value is -1.85. The number of carbonyl (C=O) groups excluding carboxylic acids is 1. The highest BCUT2D eigenvalue weighted by molar-refractivity contribution is 6.31. The van der Waals surface area contributed by atoms with Crippen LogP contribution in [0.1, 0.15) is 26.2 Å². The van der Waals surface area contributed by atoms with Gasteiger partial charge in [0.1, 0.15) is 0 Å². The first-order valence-corrected chi connectivity index (χ1v) is 7.35. The lowest BCUT2D eigenvalue weighted by atomic mass is 10.1. The van der Waals surface area contributed by atoms with Crippen LogP contribution in [0.25, 0.3) is 5.69 Å². The molecule has 0 bridgehead atoms. The van der Waals surface area contributed by atoms with Gasteiger partial charge in [0, 0.05) is 17.4 Å². The Labute approximate surface area is 129 Å². The topological polar surface area (TPSA) is 72.9 Å². The van der Waals surface area contributed by atoms with Crippen molar-refractivity contribution in [1.82, 2.24) is 9.78 Å². The van der Waals surface area contributed by atoms with E-state index in [1.807, 2.05) is 12.1 Å². The minimum atomic E-state index is -0.519. The van der Waals surface area contributed by atoms with Gasteiger partial charge >= 0.3 is 0 Å². The predicted molar refractivity (Wildman–Crippen MR) is 84.7 cm³/mol. The fraction of sp³-hybridized carbons (Fsp3) is 0.333. The molecule has 1 aromatic carbocycles. The van der Waals surface area contributed by atoms with Crippen molar-refractivity contribution in [3.8, 4) is 5.69 Å². The van der Waals surface area contributed by atoms with Crippen molar-refractivity contribution in [2.45, 2.75) is 32.2 Å². The van der Waals surface area contributed by atoms with E-state index in [1.165, 1.54) is 0 Å². The average Bonchev–Trinajstić information content (AvgIpc) is 2.98. The molecule has 2 aromatic rings. The Morgan fingerprint density at radius 2 is 2.33 bits per heavy atom. The largest absolute Gasteiger partial charge is 0.323 e. The summed E-state index contributed by atoms with van der Waals surface area (Å²) in [5, 5.41) is 7.55. The van der Waals surface area contributed by atoms with Crippen LogP contribution in [0.4, 0.5) is 5.69 Å². The third kappa shape index (κ3) is 4.06. The predicted octanol–water partition coefficient (Wildman–Crippen LogP) is 2.98. The van der Waals surface area contributed by atoms with Gasteiger partial charge < -0.3 is 11.1 Å². The van der Waals surface area contributed by atoms with Crippen LogP contribution in [-0.2, 0) is 4.79 Å². The van der Waals surface area contributed by atoms with E-state index < -0.39 is 6.04 Å². The Bertz CT molecular complexity index is 598. The monoisotopic (exact) mass is 306 g/mol. The molecule has 0 spiro atoms. The summed E-state index contributed by atoms with van der Waals surface area (Å²) < 4.78 is 1.67. The average molecular weight is 307 g/mol. The van der Waals surface area contributed by atoms with Gasteiger partial charge in [0.2, 0.25) is 5.91 Å². The number of hydrogen-bond acceptors (Lipinski definition) is 3. The number of anilines is 1. The Kier molecular flexibility index (Phi) is 5.36. The molecule has 21 heavy (non-hydrogen) atoms. The zero-order valence-electron chi connectivity index (χ0n) is 11.9. The summed E-state index contributed by atoms with van der Waals surface area (Å²) >= 11 is 6.01. The first kappa shape index (κ1) is 15.5. The molecule has 1 aromatic heterocycles. The van der Waals surface area contributed by atoms with Gasteiger partial charge in [0.25, 0.3) is 0 Å². The van der Waals surface area contributed by atoms with Crippen LogP contribution in [0.15, 0.2) is 36.7 Å². The summed E-state index contributed by atoms with van der Waals surface area (Å²) in [4.78, 5) is 12.1. The van der Waals surface area contributed by atoms with E-state index in [4.69, 9.17) is 17.3 Å². The molecule has 0 aliphatic heterocycles. The summed E-state index contributed by atoms with van der Waals surface area (Å²) in [6.07, 6.45) is 6.08. The second-order valence-corrected chi connectivity index (χ2v) is 5.29. The van der Waals surface area contributed by atoms with Crippen LogP contribution in [-0.4, -0.2) is 21.7 Å². The first-order valence-electron chi connectivity index (χ1n) is 6.98. The molecule has 3 N–H and O–H groups in total. The summed E-state index contributed by atoms with van der Waals surface area (Å²) in [6, 6.07) is 6.55. The molecule has 5 nitrogen and oxygen atoms in total. The lowest BCUT2D eigenvalue weighted by Crippen LogP contribution is -2.35. The third-order valence-electron chi connectivity index (χ3n) is 3.17. The maximum absolute atomic E-state index is 12.1. The van der Waals surface area contributed by atoms with Gasteiger partial charge in [-0.05, 0) is 30.7 Å². The lowest BCUT2D eigenvalue weighted by molar-refractivity contribution is -0.117. The number of nitrogens with zero attached hydrogens (tertiary/aromatic N) is 2. The van der Waals surface area contributed by atoms with Crippen molar-refractivity contribution in [1.29, 1.82) is 0 Å². The molecule has 0 aliphatic rings. The Morgan fingerprint density at radius 1 is 1.52 bits per heavy atom. The fourth-order valence-corrected chi connectivity index (χ4v) is 2.17. The number of benzene rings is 1. The Balaban J connectivity index is 2.19. The minimum Gasteiger partial charge on any atom is -0.323 e. The quantitative estimate of drug-likeness (QED) is 0.861. The van der Waals surface area contributed by atoms with E-state index >= 15 is 0 Å². The van der Waals surface area contributed by atoms with Gasteiger partial charge in [-0.15, -0.1) is 0 Å². The molecule has 0 aliphatic carbocycles. The van der Waals surface area contributed by atoms with E-state index in [2.05, 4.69) is 17.3 Å². The highest BCUT2D eigenvalue weighted by atomic mass is 35.5. The number of carbonyl (C=O) groups is 1. The van der Waals surface area contributed by atoms with E-state index in [0.29, 0.717) is 17.1 Å². The molecule has 0 saturated heterocycles. The van der Waals surface area contributed by atoms with Crippen molar-refractivity contribution >= 4 is 23.2 Å². The first-order chi connectivity index (χ1) is 10.1. The number of rotatable bonds is 6. The van der Waals surface area contributed by atoms with E-state index in [0.717, 1.165) is 18.5 Å². The summed E-state index contributed by atoms with van der Waals surface area (Å²) in [5.41, 5.74) is 7.24. The lowest BCUT2D eigenvalue weighted by Gasteiger charge is -2.15. The van der Waals surface area contributed by atoms with Crippen LogP contribution in [0.5, 0.6) is 0 Å². The summed E-state index contributed by atoms with van der Waals surface area (Å²) in [6.45, 7) is 2.07. The molecule has 0 saturated carbocycles. The smallest absolute Gasteiger partial charge is 0.241 e. The van der Waals surface area contributed by atoms with Gasteiger partial charge in [-0.2, -0.15) is 5.10 Å². The zero-order chi connectivity index (χ0) is 15.2. The van der Waals surface area contributed by atoms with E-state index in [1.54, 1.807) is 29.2 Å². The van der Waals surface area contributed by atoms with E-state index in [-0.39, 0.29) is 5.91 Å². The maximum atomic E-state index is 12.1. The van der Waals surface area contributed by atoms with Crippen molar-refractivity contribution in [2.24, 2.45) is 5.73 Å². The van der Waals surface area contributed by atoms with Crippen LogP contribution in [0.2, 0.25) is 5.02 Å². The molecule has 0 fully saturated rings. The number of nitrogens with one attached hydrogen (secondary N) is 1. The highest BCUT2D eigenvalue weighted by Gasteiger charge is 2.15. The Morgan fingerprint density at radius 3 is 3.00 bits per heavy atom. The van der Waals surface area contributed by atoms with E-state index in [9.17, 15) is 4.79 Å². The molecule has 1 heterocycles. The standard InChI is InChI=1S/C15H19ClN4O/c1-2-3-5-12(17)15(21)19-13-10-11(16)6-7-14(13)20-9-4-8-18-20/h4,6-10,12H,2-3,5,17H2,1H3,(H,19,21)/t12-/m0/s1. The number of amides is 1. The molecule has 0 radical (unpaired) electrons. The minimum absolute atomic E-state index is 0.209. The number of hydrogen-bond donors (Lipinski definition) is 2. The van der Waals surface area contributed by atoms with Gasteiger partial charge in [-0.1, -0.05) is 31.4 Å². The number of nitrogens with two attached hydrogens (primary N) is 1. The number of unbranched alkanes of at least 4 members (excludes halogenated alkanes) is 1. The van der Waals surface area contributed by atoms with Crippen molar-refractivity contribution in [2.75, 3.05) is 5.32 Å². The van der Waals surface area contributed by atoms with Crippen LogP contribution >= 0.6 is 11.6 Å². The summed E-state index contributed by atoms with van der Waals surface area (Å²) in [7, 11) is 0. The molecule has 2 rings (SSSR count). The molecule has 1 atom stereocenters. The molecule has 6 heteroatoms. The number of halogens is 1. The number of aromatic nitrogens is 2. The molecule has 112 valence electrons. The third-order valence-corrected chi connectivity index (χ3v) is 3.41. The summed E-state index contributed by atoms with van der Waals surface area (Å²) in [5.74, 6) is -0.209. The van der Waals surface area contributed by atoms with Gasteiger partial charge in [0.15, 0.2) is 0 Å². The molecule has 0 unspecified atom stereocenters. The zero-order valence-corrected chi connectivity index (χ0v) is 12.7. The van der Waals surface area contributed by atoms with Gasteiger partial charge in [0.05, 0.1) is 17.4 Å².